The van der Waals surface area contributed by atoms with E-state index in [1.807, 2.05) is 26.0 Å². The molecule has 0 saturated carbocycles. The van der Waals surface area contributed by atoms with Crippen LogP contribution < -0.4 is 10.2 Å². The average molecular weight is 436 g/mol. The lowest BCUT2D eigenvalue weighted by molar-refractivity contribution is -0.135. The van der Waals surface area contributed by atoms with Gasteiger partial charge in [-0.05, 0) is 50.9 Å². The van der Waals surface area contributed by atoms with E-state index >= 15 is 0 Å². The van der Waals surface area contributed by atoms with E-state index in [0.29, 0.717) is 17.3 Å². The van der Waals surface area contributed by atoms with Crippen molar-refractivity contribution < 1.29 is 14.4 Å². The van der Waals surface area contributed by atoms with Gasteiger partial charge in [0.1, 0.15) is 5.54 Å². The number of nitrogens with one attached hydrogen (secondary N) is 1. The number of amides is 3. The van der Waals surface area contributed by atoms with E-state index in [1.165, 1.54) is 4.90 Å². The molecule has 2 aromatic carbocycles. The van der Waals surface area contributed by atoms with Crippen LogP contribution in [-0.4, -0.2) is 35.2 Å². The van der Waals surface area contributed by atoms with Gasteiger partial charge >= 0.3 is 0 Å². The second-order valence-electron chi connectivity index (χ2n) is 9.09. The molecule has 4 heterocycles. The van der Waals surface area contributed by atoms with Crippen molar-refractivity contribution in [1.29, 1.82) is 0 Å². The smallest absolute Gasteiger partial charge is 0.250 e. The number of carbonyl (C=O) groups excluding carboxylic acids is 3. The Bertz CT molecular complexity index is 1190. The van der Waals surface area contributed by atoms with Crippen molar-refractivity contribution in [3.63, 3.8) is 0 Å². The zero-order valence-electron chi connectivity index (χ0n) is 17.3. The molecule has 3 amide bonds. The molecule has 2 aromatic rings. The van der Waals surface area contributed by atoms with Crippen LogP contribution in [-0.2, 0) is 19.9 Å². The number of benzene rings is 2. The highest BCUT2D eigenvalue weighted by atomic mass is 35.5. The first-order valence-electron chi connectivity index (χ1n) is 10.7. The summed E-state index contributed by atoms with van der Waals surface area (Å²) < 4.78 is 0. The highest BCUT2D eigenvalue weighted by molar-refractivity contribution is 6.36. The number of halogens is 1. The van der Waals surface area contributed by atoms with Gasteiger partial charge in [-0.2, -0.15) is 0 Å². The van der Waals surface area contributed by atoms with Gasteiger partial charge in [0.15, 0.2) is 0 Å². The first-order valence-corrected chi connectivity index (χ1v) is 11.1. The molecule has 0 unspecified atom stereocenters. The average Bonchev–Trinajstić information content (AvgIpc) is 3.42. The lowest BCUT2D eigenvalue weighted by atomic mass is 9.75. The second kappa shape index (κ2) is 6.17. The Morgan fingerprint density at radius 2 is 1.87 bits per heavy atom. The van der Waals surface area contributed by atoms with Gasteiger partial charge in [-0.3, -0.25) is 19.3 Å². The summed E-state index contributed by atoms with van der Waals surface area (Å²) in [6.07, 6.45) is 1.70. The SMILES string of the molecule is Cc1cc(C)c2c(c1)[C@@]1(C(=O)N2)[C@H]2C(=O)N(c3ccccc3Cl)C(=O)[C@@H]2[C@H]2CCCN21. The van der Waals surface area contributed by atoms with E-state index in [0.717, 1.165) is 35.2 Å². The Balaban J connectivity index is 1.60. The van der Waals surface area contributed by atoms with Crippen LogP contribution in [0.15, 0.2) is 36.4 Å². The largest absolute Gasteiger partial charge is 0.324 e. The summed E-state index contributed by atoms with van der Waals surface area (Å²) in [7, 11) is 0. The Labute approximate surface area is 185 Å². The van der Waals surface area contributed by atoms with Crippen molar-refractivity contribution in [2.24, 2.45) is 11.8 Å². The number of aryl methyl sites for hydroxylation is 2. The second-order valence-corrected chi connectivity index (χ2v) is 9.50. The van der Waals surface area contributed by atoms with E-state index in [4.69, 9.17) is 11.6 Å². The van der Waals surface area contributed by atoms with Crippen molar-refractivity contribution in [2.45, 2.75) is 38.3 Å². The summed E-state index contributed by atoms with van der Waals surface area (Å²) in [6.45, 7) is 4.66. The fourth-order valence-corrected chi connectivity index (χ4v) is 6.75. The molecule has 7 heteroatoms. The molecular weight excluding hydrogens is 414 g/mol. The molecule has 6 nitrogen and oxygen atoms in total. The Morgan fingerprint density at radius 3 is 2.65 bits per heavy atom. The number of para-hydroxylation sites is 1. The molecule has 1 spiro atoms. The van der Waals surface area contributed by atoms with Crippen molar-refractivity contribution in [1.82, 2.24) is 4.90 Å². The molecule has 158 valence electrons. The summed E-state index contributed by atoms with van der Waals surface area (Å²) in [5.74, 6) is -2.09. The highest BCUT2D eigenvalue weighted by Gasteiger charge is 2.74. The van der Waals surface area contributed by atoms with Gasteiger partial charge < -0.3 is 5.32 Å². The summed E-state index contributed by atoms with van der Waals surface area (Å²) in [5.41, 5.74) is 2.85. The Hall–Kier alpha value is -2.70. The molecule has 4 aliphatic heterocycles. The topological polar surface area (TPSA) is 69.7 Å². The number of hydrogen-bond acceptors (Lipinski definition) is 4. The molecule has 0 aliphatic carbocycles. The van der Waals surface area contributed by atoms with Gasteiger partial charge in [0.25, 0.3) is 0 Å². The van der Waals surface area contributed by atoms with Crippen LogP contribution in [0.5, 0.6) is 0 Å². The van der Waals surface area contributed by atoms with E-state index < -0.39 is 17.4 Å². The van der Waals surface area contributed by atoms with Crippen molar-refractivity contribution in [2.75, 3.05) is 16.8 Å². The van der Waals surface area contributed by atoms with E-state index in [2.05, 4.69) is 10.2 Å². The molecule has 0 aromatic heterocycles. The number of anilines is 2. The molecule has 0 bridgehead atoms. The molecule has 0 radical (unpaired) electrons. The summed E-state index contributed by atoms with van der Waals surface area (Å²) >= 11 is 6.37. The fourth-order valence-electron chi connectivity index (χ4n) is 6.53. The monoisotopic (exact) mass is 435 g/mol. The standard InChI is InChI=1S/C24H22ClN3O3/c1-12-10-13(2)20-14(11-12)24(23(31)26-20)19-18(17-8-5-9-27(17)24)21(29)28(22(19)30)16-7-4-3-6-15(16)25/h3-4,6-7,10-11,17-19H,5,8-9H2,1-2H3,(H,26,31)/t17-,18-,19-,24+/m1/s1. The van der Waals surface area contributed by atoms with Crippen LogP contribution in [0, 0.1) is 25.7 Å². The van der Waals surface area contributed by atoms with Crippen LogP contribution in [0.3, 0.4) is 0 Å². The molecular formula is C24H22ClN3O3. The first-order chi connectivity index (χ1) is 14.9. The van der Waals surface area contributed by atoms with E-state index in [1.54, 1.807) is 24.3 Å². The van der Waals surface area contributed by atoms with Crippen LogP contribution in [0.25, 0.3) is 0 Å². The minimum atomic E-state index is -1.15. The zero-order valence-corrected chi connectivity index (χ0v) is 18.1. The minimum Gasteiger partial charge on any atom is -0.324 e. The maximum absolute atomic E-state index is 13.9. The number of nitrogens with zero attached hydrogens (tertiary/aromatic N) is 2. The number of rotatable bonds is 1. The molecule has 3 fully saturated rings. The van der Waals surface area contributed by atoms with Crippen molar-refractivity contribution >= 4 is 40.7 Å². The number of carbonyl (C=O) groups is 3. The van der Waals surface area contributed by atoms with Crippen LogP contribution in [0.2, 0.25) is 5.02 Å². The van der Waals surface area contributed by atoms with Crippen molar-refractivity contribution in [3.8, 4) is 0 Å². The minimum absolute atomic E-state index is 0.133. The molecule has 3 saturated heterocycles. The van der Waals surface area contributed by atoms with Gasteiger partial charge in [0.05, 0.1) is 22.5 Å². The third-order valence-corrected chi connectivity index (χ3v) is 7.86. The number of hydrogen-bond donors (Lipinski definition) is 1. The van der Waals surface area contributed by atoms with Gasteiger partial charge in [0.2, 0.25) is 17.7 Å². The van der Waals surface area contributed by atoms with Crippen LogP contribution in [0.1, 0.15) is 29.5 Å². The lowest BCUT2D eigenvalue weighted by Crippen LogP contribution is -2.54. The van der Waals surface area contributed by atoms with Gasteiger partial charge in [0, 0.05) is 17.3 Å². The van der Waals surface area contributed by atoms with E-state index in [9.17, 15) is 14.4 Å². The molecule has 6 rings (SSSR count). The van der Waals surface area contributed by atoms with Crippen LogP contribution >= 0.6 is 11.6 Å². The zero-order chi connectivity index (χ0) is 21.7. The molecule has 4 atom stereocenters. The van der Waals surface area contributed by atoms with Gasteiger partial charge in [-0.25, -0.2) is 4.90 Å². The third-order valence-electron chi connectivity index (χ3n) is 7.54. The van der Waals surface area contributed by atoms with Gasteiger partial charge in [-0.15, -0.1) is 0 Å². The predicted octanol–water partition coefficient (Wildman–Crippen LogP) is 3.39. The maximum Gasteiger partial charge on any atom is 0.250 e. The van der Waals surface area contributed by atoms with Crippen molar-refractivity contribution in [3.05, 3.63) is 58.1 Å². The molecule has 31 heavy (non-hydrogen) atoms. The quantitative estimate of drug-likeness (QED) is 0.697. The molecule has 1 N–H and O–H groups in total. The Kier molecular flexibility index (Phi) is 3.79. The normalized spacial score (nSPS) is 31.4. The summed E-state index contributed by atoms with van der Waals surface area (Å²) in [5, 5.41) is 3.41. The van der Waals surface area contributed by atoms with E-state index in [-0.39, 0.29) is 23.8 Å². The number of fused-ring (bicyclic) bond motifs is 7. The highest BCUT2D eigenvalue weighted by Crippen LogP contribution is 2.61. The summed E-state index contributed by atoms with van der Waals surface area (Å²) in [6, 6.07) is 10.8. The Morgan fingerprint density at radius 1 is 1.10 bits per heavy atom. The van der Waals surface area contributed by atoms with Gasteiger partial charge in [-0.1, -0.05) is 41.4 Å². The lowest BCUT2D eigenvalue weighted by Gasteiger charge is -2.37. The third kappa shape index (κ3) is 2.14. The maximum atomic E-state index is 13.9. The predicted molar refractivity (Wildman–Crippen MR) is 117 cm³/mol. The number of imide groups is 1. The summed E-state index contributed by atoms with van der Waals surface area (Å²) in [4.78, 5) is 44.7. The first kappa shape index (κ1) is 19.0. The molecule has 4 aliphatic rings. The fraction of sp³-hybridized carbons (Fsp3) is 0.375. The van der Waals surface area contributed by atoms with Crippen LogP contribution in [0.4, 0.5) is 11.4 Å².